The number of likely N-dealkylation sites (tertiary alicyclic amines) is 1. The highest BCUT2D eigenvalue weighted by Crippen LogP contribution is 2.35. The fourth-order valence-electron chi connectivity index (χ4n) is 15.7. The van der Waals surface area contributed by atoms with E-state index < -0.39 is 5.60 Å². The van der Waals surface area contributed by atoms with E-state index >= 15 is 0 Å². The van der Waals surface area contributed by atoms with Crippen LogP contribution in [0.3, 0.4) is 0 Å². The van der Waals surface area contributed by atoms with Gasteiger partial charge in [-0.05, 0) is 162 Å². The number of ether oxygens (including phenoxy) is 1. The average Bonchev–Trinajstić information content (AvgIpc) is 1.72. The van der Waals surface area contributed by atoms with E-state index in [4.69, 9.17) is 71.1 Å². The number of carbonyl (C=O) groups excluding carboxylic acids is 5. The first-order chi connectivity index (χ1) is 65.7. The molecule has 4 aromatic carbocycles. The lowest BCUT2D eigenvalue weighted by atomic mass is 9.93. The van der Waals surface area contributed by atoms with Gasteiger partial charge in [-0.3, -0.25) is 29.3 Å². The molecule has 5 aliphatic heterocycles. The molecule has 5 fully saturated rings. The number of fused-ring (bicyclic) bond motifs is 4. The Balaban J connectivity index is 0.000000133. The minimum atomic E-state index is -0.557. The molecule has 700 valence electrons. The van der Waals surface area contributed by atoms with Gasteiger partial charge in [0, 0.05) is 199 Å². The maximum Gasteiger partial charge on any atom is 0.410 e. The first kappa shape index (κ1) is 94.5. The van der Waals surface area contributed by atoms with Gasteiger partial charge in [0.25, 0.3) is 23.6 Å². The Hall–Kier alpha value is -15.7. The van der Waals surface area contributed by atoms with Crippen LogP contribution in [0, 0.1) is 5.41 Å². The van der Waals surface area contributed by atoms with Gasteiger partial charge in [-0.25, -0.2) is 24.7 Å². The molecule has 0 aliphatic carbocycles. The van der Waals surface area contributed by atoms with Crippen molar-refractivity contribution < 1.29 is 28.7 Å². The number of amides is 5. The number of anilines is 13. The summed E-state index contributed by atoms with van der Waals surface area (Å²) in [5.74, 6) is 5.34. The molecule has 5 aliphatic rings. The van der Waals surface area contributed by atoms with Crippen molar-refractivity contribution in [1.82, 2.24) is 105 Å². The Morgan fingerprint density at radius 2 is 0.854 bits per heavy atom. The van der Waals surface area contributed by atoms with Gasteiger partial charge in [-0.1, -0.05) is 117 Å². The van der Waals surface area contributed by atoms with Gasteiger partial charge in [0.1, 0.15) is 58.0 Å². The zero-order valence-corrected chi connectivity index (χ0v) is 79.0. The van der Waals surface area contributed by atoms with Crippen LogP contribution in [0.1, 0.15) is 101 Å². The van der Waals surface area contributed by atoms with E-state index in [1.165, 1.54) is 0 Å². The molecular weight excluding hydrogens is 1820 g/mol. The molecule has 1 unspecified atom stereocenters. The molecule has 5 saturated heterocycles. The number of nitrogens with one attached hydrogen (secondary N) is 13. The number of hydrogen-bond acceptors (Lipinski definition) is 25. The highest BCUT2D eigenvalue weighted by molar-refractivity contribution is 6.32. The molecule has 0 bridgehead atoms. The van der Waals surface area contributed by atoms with Gasteiger partial charge >= 0.3 is 6.09 Å². The molecule has 15 heterocycles. The van der Waals surface area contributed by atoms with Gasteiger partial charge in [0.2, 0.25) is 0 Å². The van der Waals surface area contributed by atoms with Gasteiger partial charge in [-0.15, -0.1) is 0 Å². The van der Waals surface area contributed by atoms with Crippen molar-refractivity contribution in [2.24, 2.45) is 5.41 Å². The lowest BCUT2D eigenvalue weighted by molar-refractivity contribution is -0.116. The van der Waals surface area contributed by atoms with Crippen molar-refractivity contribution >= 4 is 198 Å². The Bertz CT molecular complexity index is 7170. The third kappa shape index (κ3) is 24.3. The van der Waals surface area contributed by atoms with Gasteiger partial charge in [0.15, 0.2) is 22.6 Å². The number of hydrogen-bond donors (Lipinski definition) is 13. The molecule has 0 spiro atoms. The van der Waals surface area contributed by atoms with E-state index in [2.05, 4.69) is 159 Å². The number of halogens is 4. The first-order valence-electron chi connectivity index (χ1n) is 43.7. The van der Waals surface area contributed by atoms with Crippen LogP contribution < -0.4 is 63.8 Å². The second-order valence-corrected chi connectivity index (χ2v) is 36.7. The Morgan fingerprint density at radius 1 is 0.474 bits per heavy atom. The lowest BCUT2D eigenvalue weighted by Gasteiger charge is -2.29. The minimum absolute atomic E-state index is 0.0277. The predicted molar refractivity (Wildman–Crippen MR) is 539 cm³/mol. The first-order valence-corrected chi connectivity index (χ1v) is 45.2. The molecule has 1 atom stereocenters. The number of aromatic nitrogens is 15. The summed E-state index contributed by atoms with van der Waals surface area (Å²) in [6.07, 6.45) is 20.7. The van der Waals surface area contributed by atoms with Gasteiger partial charge < -0.3 is 78.3 Å². The summed E-state index contributed by atoms with van der Waals surface area (Å²) in [5, 5.41) is 65.2. The van der Waals surface area contributed by atoms with Gasteiger partial charge in [-0.2, -0.15) is 43.6 Å². The standard InChI is InChI=1S/C28H32ClN7O3.C25H30ClN7O.C24H20ClN7O.C21H17ClN8O/c1-17-11-18(26(37)32-17)12-19-15-31-36-24(14-23(34-25(19)36)33-21-8-5-7-20(29)13-21)30-16-22-9-6-10-35(22)27(38)39-28(2,3)4;1-16-9-17(24(34)29-16)10-18-13-28-33-22(27-14-25(2,3)15-32(4)5)12-21(31-23(18)33)30-20-8-6-7-19(26)11-20;1-15-9-16(24(33)29-15)10-17-13-28-32-22(27-14-20-6-2-3-8-26-20)12-21(31-23(17)32)30-19-7-4-5-18(25)11-19;1-12-7-13(21(31)25-12)8-14-11-24-30-19(27-17-5-6-23-29-17)10-18(28-20(14)30)26-16-4-2-3-15(22)9-16/h5,7-8,12-15,22,30H,1,6,9-11,16H2,2-4H3,(H,32,37)(H,33,34);6-8,10-13,27H,1,9,14-15H2,2-5H3,(H,29,34)(H,30,31);2-8,10-13,27H,1,9,14H2,(H,29,33)(H,30,31);2-6,8-11H,1,7H2,(H,25,31)(H,26,28)(H2,23,27,29)/b18-12+;17-10+;16-10+;13-8+. The van der Waals surface area contributed by atoms with E-state index in [1.807, 2.05) is 154 Å². The Labute approximate surface area is 808 Å². The van der Waals surface area contributed by atoms with E-state index in [-0.39, 0.29) is 41.2 Å². The summed E-state index contributed by atoms with van der Waals surface area (Å²) in [5.41, 5.74) is 14.0. The SMILES string of the molecule is C=C1C/C(=C\c2cnn3c(NCC(C)(C)CN(C)C)cc(Nc4cccc(Cl)c4)nc23)C(=O)N1.C=C1C/C(=C\c2cnn3c(NCC4CCCN4C(=O)OC(C)(C)C)cc(Nc4cccc(Cl)c4)nc23)C(=O)N1.C=C1C/C(=C\c2cnn3c(NCc4ccccn4)cc(Nc4cccc(Cl)c4)nc23)C(=O)N1.C=C1C/C(=C\c2cnn3c(Nc4ccn[nH]4)cc(Nc4cccc(Cl)c4)nc23)C(=O)N1. The molecule has 35 nitrogen and oxygen atoms in total. The summed E-state index contributed by atoms with van der Waals surface area (Å²) < 4.78 is 12.5. The lowest BCUT2D eigenvalue weighted by Crippen LogP contribution is -2.42. The maximum absolute atomic E-state index is 12.8. The number of rotatable bonds is 25. The molecule has 13 N–H and O–H groups in total. The summed E-state index contributed by atoms with van der Waals surface area (Å²) in [7, 11) is 4.14. The minimum Gasteiger partial charge on any atom is -0.444 e. The van der Waals surface area contributed by atoms with E-state index in [0.717, 1.165) is 77.1 Å². The molecule has 10 aromatic heterocycles. The van der Waals surface area contributed by atoms with Crippen LogP contribution in [0.15, 0.2) is 254 Å². The monoisotopic (exact) mass is 1920 g/mol. The van der Waals surface area contributed by atoms with Crippen LogP contribution in [0.4, 0.5) is 79.9 Å². The van der Waals surface area contributed by atoms with Crippen LogP contribution in [0.2, 0.25) is 20.1 Å². The van der Waals surface area contributed by atoms with Crippen LogP contribution in [-0.2, 0) is 30.5 Å². The smallest absolute Gasteiger partial charge is 0.410 e. The van der Waals surface area contributed by atoms with Crippen LogP contribution in [0.5, 0.6) is 0 Å². The fourth-order valence-corrected chi connectivity index (χ4v) is 16.5. The Kier molecular flexibility index (Phi) is 28.6. The van der Waals surface area contributed by atoms with Gasteiger partial charge in [0.05, 0.1) is 49.3 Å². The number of allylic oxidation sites excluding steroid dienone is 4. The number of benzene rings is 4. The topological polar surface area (TPSA) is 408 Å². The number of pyridine rings is 1. The van der Waals surface area contributed by atoms with Crippen LogP contribution in [-0.4, -0.2) is 165 Å². The van der Waals surface area contributed by atoms with Crippen molar-refractivity contribution in [1.29, 1.82) is 0 Å². The molecule has 19 rings (SSSR count). The zero-order chi connectivity index (χ0) is 96.3. The normalized spacial score (nSPS) is 16.0. The Morgan fingerprint density at radius 3 is 1.20 bits per heavy atom. The summed E-state index contributed by atoms with van der Waals surface area (Å²) in [6.45, 7) is 28.7. The molecule has 0 saturated carbocycles. The zero-order valence-electron chi connectivity index (χ0n) is 75.9. The quantitative estimate of drug-likeness (QED) is 0.0236. The fraction of sp³-hybridized carbons (Fsp3) is 0.214. The van der Waals surface area contributed by atoms with Crippen LogP contribution >= 0.6 is 46.4 Å². The van der Waals surface area contributed by atoms with Crippen molar-refractivity contribution in [3.63, 3.8) is 0 Å². The summed E-state index contributed by atoms with van der Waals surface area (Å²) in [6, 6.07) is 44.6. The third-order valence-corrected chi connectivity index (χ3v) is 22.5. The van der Waals surface area contributed by atoms with E-state index in [1.54, 1.807) is 96.6 Å². The second kappa shape index (κ2) is 41.4. The number of H-pyrrole nitrogens is 1. The predicted octanol–water partition coefficient (Wildman–Crippen LogP) is 18.5. The van der Waals surface area contributed by atoms with Crippen molar-refractivity contribution in [3.8, 4) is 0 Å². The van der Waals surface area contributed by atoms with E-state index in [0.29, 0.717) is 185 Å². The number of carbonyl (C=O) groups is 5. The molecule has 14 aromatic rings. The van der Waals surface area contributed by atoms with Crippen LogP contribution in [0.25, 0.3) is 46.9 Å². The largest absolute Gasteiger partial charge is 0.444 e. The highest BCUT2D eigenvalue weighted by atomic mass is 35.5. The van der Waals surface area contributed by atoms with Crippen molar-refractivity contribution in [3.05, 3.63) is 302 Å². The molecule has 5 amide bonds. The second-order valence-electron chi connectivity index (χ2n) is 35.0. The average molecular weight is 1920 g/mol. The van der Waals surface area contributed by atoms with Crippen molar-refractivity contribution in [2.75, 3.05) is 82.8 Å². The molecule has 0 radical (unpaired) electrons. The summed E-state index contributed by atoms with van der Waals surface area (Å²) in [4.78, 5) is 89.0. The highest BCUT2D eigenvalue weighted by Gasteiger charge is 2.34. The number of aromatic amines is 1. The maximum atomic E-state index is 12.8. The molecule has 39 heteroatoms. The molecular formula is C98H99Cl4N29O6. The third-order valence-electron chi connectivity index (χ3n) is 21.6. The van der Waals surface area contributed by atoms with E-state index in [9.17, 15) is 24.0 Å². The summed E-state index contributed by atoms with van der Waals surface area (Å²) >= 11 is 24.6. The molecule has 137 heavy (non-hydrogen) atoms. The van der Waals surface area contributed by atoms with Crippen molar-refractivity contribution in [2.45, 2.75) is 91.3 Å². The number of nitrogens with zero attached hydrogens (tertiary/aromatic N) is 16.